The number of hydrogen-bond donors (Lipinski definition) is 1. The molecule has 148 valence electrons. The maximum absolute atomic E-state index is 14.3. The zero-order valence-electron chi connectivity index (χ0n) is 15.5. The number of benzene rings is 2. The van der Waals surface area contributed by atoms with Crippen LogP contribution in [-0.4, -0.2) is 22.5 Å². The van der Waals surface area contributed by atoms with Gasteiger partial charge in [0.2, 0.25) is 5.88 Å². The summed E-state index contributed by atoms with van der Waals surface area (Å²) in [6.45, 7) is 1.91. The molecule has 2 heterocycles. The topological polar surface area (TPSA) is 64.1 Å². The van der Waals surface area contributed by atoms with E-state index in [4.69, 9.17) is 4.74 Å². The first-order valence-electron chi connectivity index (χ1n) is 9.06. The van der Waals surface area contributed by atoms with E-state index in [-0.39, 0.29) is 36.6 Å². The predicted molar refractivity (Wildman–Crippen MR) is 108 cm³/mol. The van der Waals surface area contributed by atoms with E-state index in [9.17, 15) is 13.6 Å². The van der Waals surface area contributed by atoms with Crippen molar-refractivity contribution in [3.8, 4) is 5.88 Å². The number of halogens is 2. The van der Waals surface area contributed by atoms with Gasteiger partial charge in [0.05, 0.1) is 10.9 Å². The molecule has 0 aliphatic rings. The fraction of sp³-hybridized carbons (Fsp3) is 0.190. The molecule has 0 bridgehead atoms. The number of hydrogen-bond acceptors (Lipinski definition) is 5. The summed E-state index contributed by atoms with van der Waals surface area (Å²) in [6.07, 6.45) is 0.550. The summed E-state index contributed by atoms with van der Waals surface area (Å²) in [5.41, 5.74) is 1.27. The third-order valence-corrected chi connectivity index (χ3v) is 5.50. The van der Waals surface area contributed by atoms with Gasteiger partial charge >= 0.3 is 0 Å². The second-order valence-electron chi connectivity index (χ2n) is 6.38. The van der Waals surface area contributed by atoms with Crippen LogP contribution in [-0.2, 0) is 17.8 Å². The lowest BCUT2D eigenvalue weighted by Crippen LogP contribution is -2.28. The average molecular weight is 413 g/mol. The Balaban J connectivity index is 1.54. The van der Waals surface area contributed by atoms with Crippen molar-refractivity contribution in [2.45, 2.75) is 19.9 Å². The molecule has 29 heavy (non-hydrogen) atoms. The molecule has 1 N–H and O–H groups in total. The molecule has 2 aromatic heterocycles. The zero-order chi connectivity index (χ0) is 20.4. The Kier molecular flexibility index (Phi) is 5.35. The number of nitrogens with one attached hydrogen (secondary N) is 1. The highest BCUT2D eigenvalue weighted by molar-refractivity contribution is 7.26. The van der Waals surface area contributed by atoms with Crippen molar-refractivity contribution in [3.63, 3.8) is 0 Å². The third kappa shape index (κ3) is 4.02. The van der Waals surface area contributed by atoms with Gasteiger partial charge in [0, 0.05) is 17.7 Å². The van der Waals surface area contributed by atoms with Crippen LogP contribution in [0.3, 0.4) is 0 Å². The summed E-state index contributed by atoms with van der Waals surface area (Å²) >= 11 is 1.33. The second-order valence-corrected chi connectivity index (χ2v) is 7.44. The van der Waals surface area contributed by atoms with Crippen LogP contribution in [0.1, 0.15) is 18.3 Å². The highest BCUT2D eigenvalue weighted by Gasteiger charge is 2.18. The van der Waals surface area contributed by atoms with Crippen LogP contribution in [0.25, 0.3) is 20.3 Å². The van der Waals surface area contributed by atoms with Crippen molar-refractivity contribution in [1.82, 2.24) is 15.3 Å². The lowest BCUT2D eigenvalue weighted by molar-refractivity contribution is -0.123. The lowest BCUT2D eigenvalue weighted by Gasteiger charge is -2.09. The monoisotopic (exact) mass is 413 g/mol. The van der Waals surface area contributed by atoms with E-state index in [1.165, 1.54) is 29.5 Å². The highest BCUT2D eigenvalue weighted by Crippen LogP contribution is 2.38. The zero-order valence-corrected chi connectivity index (χ0v) is 16.4. The molecule has 4 aromatic rings. The minimum absolute atomic E-state index is 0.243. The summed E-state index contributed by atoms with van der Waals surface area (Å²) < 4.78 is 34.3. The van der Waals surface area contributed by atoms with Gasteiger partial charge in [-0.25, -0.2) is 13.8 Å². The molecule has 0 aliphatic heterocycles. The van der Waals surface area contributed by atoms with E-state index in [0.717, 1.165) is 10.3 Å². The summed E-state index contributed by atoms with van der Waals surface area (Å²) in [7, 11) is 0. The first-order valence-corrected chi connectivity index (χ1v) is 9.88. The SMILES string of the molecule is CCc1nc(OCC(=O)NCc2ccc(F)cc2)c2sc3cccc(F)c3c2n1. The number of aromatic nitrogens is 2. The largest absolute Gasteiger partial charge is 0.466 e. The number of carbonyl (C=O) groups excluding carboxylic acids is 1. The molecule has 2 aromatic carbocycles. The Bertz CT molecular complexity index is 1190. The van der Waals surface area contributed by atoms with E-state index in [1.807, 2.05) is 13.0 Å². The number of aryl methyl sites for hydroxylation is 1. The van der Waals surface area contributed by atoms with Crippen molar-refractivity contribution in [2.24, 2.45) is 0 Å². The smallest absolute Gasteiger partial charge is 0.258 e. The molecule has 4 rings (SSSR count). The highest BCUT2D eigenvalue weighted by atomic mass is 32.1. The van der Waals surface area contributed by atoms with Crippen molar-refractivity contribution >= 4 is 37.5 Å². The van der Waals surface area contributed by atoms with Gasteiger partial charge in [-0.3, -0.25) is 4.79 Å². The van der Waals surface area contributed by atoms with Crippen LogP contribution >= 0.6 is 11.3 Å². The number of carbonyl (C=O) groups is 1. The molecule has 1 amide bonds. The molecule has 0 fully saturated rings. The third-order valence-electron chi connectivity index (χ3n) is 4.36. The summed E-state index contributed by atoms with van der Waals surface area (Å²) in [5.74, 6) is -0.238. The fourth-order valence-electron chi connectivity index (χ4n) is 2.91. The Hall–Kier alpha value is -3.13. The Labute approximate surface area is 169 Å². The molecule has 5 nitrogen and oxygen atoms in total. The molecule has 0 atom stereocenters. The molecule has 0 saturated carbocycles. The number of thiophene rings is 1. The van der Waals surface area contributed by atoms with Crippen LogP contribution in [0.15, 0.2) is 42.5 Å². The lowest BCUT2D eigenvalue weighted by atomic mass is 10.2. The molecule has 0 radical (unpaired) electrons. The molecule has 8 heteroatoms. The van der Waals surface area contributed by atoms with Crippen LogP contribution in [0, 0.1) is 11.6 Å². The number of rotatable bonds is 6. The molecular weight excluding hydrogens is 396 g/mol. The van der Waals surface area contributed by atoms with Gasteiger partial charge in [-0.15, -0.1) is 11.3 Å². The maximum Gasteiger partial charge on any atom is 0.258 e. The number of nitrogens with zero attached hydrogens (tertiary/aromatic N) is 2. The normalized spacial score (nSPS) is 11.1. The van der Waals surface area contributed by atoms with Crippen molar-refractivity contribution in [2.75, 3.05) is 6.61 Å². The quantitative estimate of drug-likeness (QED) is 0.510. The van der Waals surface area contributed by atoms with Crippen LogP contribution in [0.2, 0.25) is 0 Å². The van der Waals surface area contributed by atoms with E-state index in [0.29, 0.717) is 27.8 Å². The summed E-state index contributed by atoms with van der Waals surface area (Å²) in [4.78, 5) is 21.0. The van der Waals surface area contributed by atoms with Crippen molar-refractivity contribution < 1.29 is 18.3 Å². The molecular formula is C21H17F2N3O2S. The van der Waals surface area contributed by atoms with E-state index < -0.39 is 0 Å². The number of amides is 1. The molecule has 0 spiro atoms. The number of fused-ring (bicyclic) bond motifs is 3. The van der Waals surface area contributed by atoms with Crippen LogP contribution in [0.5, 0.6) is 5.88 Å². The van der Waals surface area contributed by atoms with Gasteiger partial charge in [0.25, 0.3) is 5.91 Å². The molecule has 0 aliphatic carbocycles. The first-order chi connectivity index (χ1) is 14.0. The van der Waals surface area contributed by atoms with Gasteiger partial charge < -0.3 is 10.1 Å². The Morgan fingerprint density at radius 2 is 1.93 bits per heavy atom. The first kappa shape index (κ1) is 19.2. The second kappa shape index (κ2) is 8.08. The van der Waals surface area contributed by atoms with Gasteiger partial charge in [-0.1, -0.05) is 25.1 Å². The fourth-order valence-corrected chi connectivity index (χ4v) is 4.01. The van der Waals surface area contributed by atoms with Gasteiger partial charge in [0.1, 0.15) is 22.2 Å². The Morgan fingerprint density at radius 3 is 2.69 bits per heavy atom. The van der Waals surface area contributed by atoms with E-state index in [2.05, 4.69) is 15.3 Å². The van der Waals surface area contributed by atoms with Crippen LogP contribution < -0.4 is 10.1 Å². The van der Waals surface area contributed by atoms with Crippen molar-refractivity contribution in [1.29, 1.82) is 0 Å². The van der Waals surface area contributed by atoms with Gasteiger partial charge in [-0.2, -0.15) is 4.98 Å². The van der Waals surface area contributed by atoms with Crippen LogP contribution in [0.4, 0.5) is 8.78 Å². The summed E-state index contributed by atoms with van der Waals surface area (Å²) in [6, 6.07) is 10.7. The maximum atomic E-state index is 14.3. The summed E-state index contributed by atoms with van der Waals surface area (Å²) in [5, 5.41) is 3.15. The number of ether oxygens (including phenoxy) is 1. The minimum Gasteiger partial charge on any atom is -0.466 e. The molecule has 0 unspecified atom stereocenters. The Morgan fingerprint density at radius 1 is 1.14 bits per heavy atom. The van der Waals surface area contributed by atoms with E-state index in [1.54, 1.807) is 18.2 Å². The molecule has 0 saturated heterocycles. The minimum atomic E-state index is -0.350. The van der Waals surface area contributed by atoms with E-state index >= 15 is 0 Å². The predicted octanol–water partition coefficient (Wildman–Crippen LogP) is 4.38. The van der Waals surface area contributed by atoms with Gasteiger partial charge in [0.15, 0.2) is 6.61 Å². The van der Waals surface area contributed by atoms with Crippen molar-refractivity contribution in [3.05, 3.63) is 65.5 Å². The standard InChI is InChI=1S/C21H17F2N3O2S/c1-2-16-25-19-18-14(23)4-3-5-15(18)29-20(19)21(26-16)28-11-17(27)24-10-12-6-8-13(22)9-7-12/h3-9H,2,10-11H2,1H3,(H,24,27). The average Bonchev–Trinajstić information content (AvgIpc) is 3.11. The van der Waals surface area contributed by atoms with Gasteiger partial charge in [-0.05, 0) is 29.8 Å².